The van der Waals surface area contributed by atoms with Crippen LogP contribution in [0, 0.1) is 6.92 Å². The first-order valence-corrected chi connectivity index (χ1v) is 6.62. The topological polar surface area (TPSA) is 73.6 Å². The Kier molecular flexibility index (Phi) is 5.20. The summed E-state index contributed by atoms with van der Waals surface area (Å²) in [6.45, 7) is 2.57. The van der Waals surface area contributed by atoms with E-state index >= 15 is 0 Å². The number of hydrogen-bond donors (Lipinski definition) is 1. The van der Waals surface area contributed by atoms with E-state index in [1.807, 2.05) is 24.3 Å². The van der Waals surface area contributed by atoms with Gasteiger partial charge in [0.1, 0.15) is 24.4 Å². The molecule has 1 heterocycles. The minimum absolute atomic E-state index is 0.110. The van der Waals surface area contributed by atoms with Crippen LogP contribution >= 0.6 is 0 Å². The number of carbonyl (C=O) groups is 1. The van der Waals surface area contributed by atoms with Crippen molar-refractivity contribution in [3.8, 4) is 11.5 Å². The van der Waals surface area contributed by atoms with Crippen LogP contribution in [0.4, 0.5) is 0 Å². The molecule has 0 bridgehead atoms. The molecule has 0 fully saturated rings. The fourth-order valence-electron chi connectivity index (χ4n) is 1.75. The second-order valence-electron chi connectivity index (χ2n) is 4.41. The van der Waals surface area contributed by atoms with E-state index < -0.39 is 0 Å². The maximum absolute atomic E-state index is 11.7. The van der Waals surface area contributed by atoms with Gasteiger partial charge in [0, 0.05) is 6.92 Å². The molecule has 0 saturated carbocycles. The molecule has 0 aliphatic carbocycles. The highest BCUT2D eigenvalue weighted by Crippen LogP contribution is 2.16. The molecule has 112 valence electrons. The standard InChI is InChI=1S/C15H18N2O4/c1-11-17-12(10-21-11)9-15(18)16-7-8-20-14-5-3-13(19-2)4-6-14/h3-6,10H,7-9H2,1-2H3,(H,16,18). The van der Waals surface area contributed by atoms with Gasteiger partial charge in [-0.15, -0.1) is 0 Å². The zero-order valence-electron chi connectivity index (χ0n) is 12.1. The average molecular weight is 290 g/mol. The first kappa shape index (κ1) is 14.9. The van der Waals surface area contributed by atoms with Crippen LogP contribution in [-0.2, 0) is 11.2 Å². The number of aromatic nitrogens is 1. The van der Waals surface area contributed by atoms with Gasteiger partial charge in [0.05, 0.1) is 25.8 Å². The summed E-state index contributed by atoms with van der Waals surface area (Å²) >= 11 is 0. The first-order valence-electron chi connectivity index (χ1n) is 6.62. The Balaban J connectivity index is 1.65. The lowest BCUT2D eigenvalue weighted by molar-refractivity contribution is -0.120. The molecule has 0 saturated heterocycles. The van der Waals surface area contributed by atoms with Crippen LogP contribution in [0.1, 0.15) is 11.6 Å². The molecule has 0 atom stereocenters. The van der Waals surface area contributed by atoms with E-state index in [9.17, 15) is 4.79 Å². The molecule has 6 heteroatoms. The number of carbonyl (C=O) groups excluding carboxylic acids is 1. The number of methoxy groups -OCH3 is 1. The molecule has 6 nitrogen and oxygen atoms in total. The molecule has 1 N–H and O–H groups in total. The third-order valence-electron chi connectivity index (χ3n) is 2.76. The zero-order valence-corrected chi connectivity index (χ0v) is 12.1. The summed E-state index contributed by atoms with van der Waals surface area (Å²) in [5.41, 5.74) is 0.626. The lowest BCUT2D eigenvalue weighted by atomic mass is 10.3. The molecule has 1 amide bonds. The number of aryl methyl sites for hydroxylation is 1. The Morgan fingerprint density at radius 1 is 1.29 bits per heavy atom. The normalized spacial score (nSPS) is 10.2. The number of benzene rings is 1. The number of rotatable bonds is 7. The fourth-order valence-corrected chi connectivity index (χ4v) is 1.75. The van der Waals surface area contributed by atoms with Crippen LogP contribution in [-0.4, -0.2) is 31.2 Å². The summed E-state index contributed by atoms with van der Waals surface area (Å²) in [6.07, 6.45) is 1.70. The van der Waals surface area contributed by atoms with E-state index in [0.29, 0.717) is 24.7 Å². The molecule has 21 heavy (non-hydrogen) atoms. The molecule has 0 aliphatic rings. The number of amides is 1. The smallest absolute Gasteiger partial charge is 0.226 e. The SMILES string of the molecule is COc1ccc(OCCNC(=O)Cc2coc(C)n2)cc1. The number of nitrogens with one attached hydrogen (secondary N) is 1. The summed E-state index contributed by atoms with van der Waals surface area (Å²) in [4.78, 5) is 15.7. The van der Waals surface area contributed by atoms with Crippen molar-refractivity contribution in [3.05, 3.63) is 42.1 Å². The van der Waals surface area contributed by atoms with Gasteiger partial charge >= 0.3 is 0 Å². The molecule has 1 aromatic carbocycles. The Morgan fingerprint density at radius 3 is 2.62 bits per heavy atom. The number of oxazole rings is 1. The van der Waals surface area contributed by atoms with Crippen LogP contribution in [0.2, 0.25) is 0 Å². The van der Waals surface area contributed by atoms with Gasteiger partial charge in [0.25, 0.3) is 0 Å². The minimum Gasteiger partial charge on any atom is -0.497 e. The Hall–Kier alpha value is -2.50. The highest BCUT2D eigenvalue weighted by atomic mass is 16.5. The highest BCUT2D eigenvalue weighted by Gasteiger charge is 2.06. The monoisotopic (exact) mass is 290 g/mol. The molecule has 0 aliphatic heterocycles. The van der Waals surface area contributed by atoms with Gasteiger partial charge in [-0.2, -0.15) is 0 Å². The van der Waals surface area contributed by atoms with Gasteiger partial charge in [-0.05, 0) is 24.3 Å². The Bertz CT molecular complexity index is 578. The van der Waals surface area contributed by atoms with Crippen LogP contribution in [0.5, 0.6) is 11.5 Å². The summed E-state index contributed by atoms with van der Waals surface area (Å²) in [5.74, 6) is 1.96. The quantitative estimate of drug-likeness (QED) is 0.786. The van der Waals surface area contributed by atoms with E-state index in [4.69, 9.17) is 13.9 Å². The Morgan fingerprint density at radius 2 is 2.00 bits per heavy atom. The summed E-state index contributed by atoms with van der Waals surface area (Å²) in [6, 6.07) is 7.28. The van der Waals surface area contributed by atoms with Gasteiger partial charge < -0.3 is 19.2 Å². The summed E-state index contributed by atoms with van der Waals surface area (Å²) in [7, 11) is 1.61. The van der Waals surface area contributed by atoms with E-state index in [1.165, 1.54) is 6.26 Å². The van der Waals surface area contributed by atoms with Gasteiger partial charge in [0.2, 0.25) is 5.91 Å². The number of nitrogens with zero attached hydrogens (tertiary/aromatic N) is 1. The van der Waals surface area contributed by atoms with Gasteiger partial charge in [0.15, 0.2) is 5.89 Å². The van der Waals surface area contributed by atoms with E-state index in [-0.39, 0.29) is 12.3 Å². The van der Waals surface area contributed by atoms with E-state index in [2.05, 4.69) is 10.3 Å². The van der Waals surface area contributed by atoms with Crippen molar-refractivity contribution < 1.29 is 18.7 Å². The molecule has 2 rings (SSSR count). The van der Waals surface area contributed by atoms with Gasteiger partial charge in [-0.25, -0.2) is 4.98 Å². The third kappa shape index (κ3) is 4.83. The van der Waals surface area contributed by atoms with Crippen LogP contribution in [0.25, 0.3) is 0 Å². The van der Waals surface area contributed by atoms with Gasteiger partial charge in [-0.3, -0.25) is 4.79 Å². The highest BCUT2D eigenvalue weighted by molar-refractivity contribution is 5.77. The molecule has 2 aromatic rings. The largest absolute Gasteiger partial charge is 0.497 e. The Labute approximate surface area is 123 Å². The molecular formula is C15H18N2O4. The second-order valence-corrected chi connectivity index (χ2v) is 4.41. The number of hydrogen-bond acceptors (Lipinski definition) is 5. The van der Waals surface area contributed by atoms with Crippen LogP contribution in [0.15, 0.2) is 34.9 Å². The van der Waals surface area contributed by atoms with Crippen molar-refractivity contribution in [3.63, 3.8) is 0 Å². The van der Waals surface area contributed by atoms with E-state index in [0.717, 1.165) is 11.5 Å². The van der Waals surface area contributed by atoms with Crippen molar-refractivity contribution in [1.82, 2.24) is 10.3 Å². The van der Waals surface area contributed by atoms with E-state index in [1.54, 1.807) is 14.0 Å². The molecular weight excluding hydrogens is 272 g/mol. The van der Waals surface area contributed by atoms with Crippen molar-refractivity contribution >= 4 is 5.91 Å². The predicted octanol–water partition coefficient (Wildman–Crippen LogP) is 1.73. The van der Waals surface area contributed by atoms with Gasteiger partial charge in [-0.1, -0.05) is 0 Å². The van der Waals surface area contributed by atoms with Crippen molar-refractivity contribution in [2.24, 2.45) is 0 Å². The molecule has 1 aromatic heterocycles. The first-order chi connectivity index (χ1) is 10.2. The molecule has 0 radical (unpaired) electrons. The predicted molar refractivity (Wildman–Crippen MR) is 76.4 cm³/mol. The number of ether oxygens (including phenoxy) is 2. The zero-order chi connectivity index (χ0) is 15.1. The minimum atomic E-state index is -0.110. The maximum Gasteiger partial charge on any atom is 0.226 e. The van der Waals surface area contributed by atoms with Crippen molar-refractivity contribution in [2.45, 2.75) is 13.3 Å². The average Bonchev–Trinajstić information content (AvgIpc) is 2.89. The lowest BCUT2D eigenvalue weighted by Gasteiger charge is -2.08. The second kappa shape index (κ2) is 7.33. The van der Waals surface area contributed by atoms with Crippen LogP contribution in [0.3, 0.4) is 0 Å². The van der Waals surface area contributed by atoms with Crippen LogP contribution < -0.4 is 14.8 Å². The molecule has 0 spiro atoms. The van der Waals surface area contributed by atoms with Crippen molar-refractivity contribution in [2.75, 3.05) is 20.3 Å². The van der Waals surface area contributed by atoms with Crippen molar-refractivity contribution in [1.29, 1.82) is 0 Å². The maximum atomic E-state index is 11.7. The summed E-state index contributed by atoms with van der Waals surface area (Å²) < 4.78 is 15.6. The summed E-state index contributed by atoms with van der Waals surface area (Å²) in [5, 5.41) is 2.76. The third-order valence-corrected chi connectivity index (χ3v) is 2.76. The fraction of sp³-hybridized carbons (Fsp3) is 0.333. The lowest BCUT2D eigenvalue weighted by Crippen LogP contribution is -2.29. The molecule has 0 unspecified atom stereocenters.